The third kappa shape index (κ3) is 1.00. The van der Waals surface area contributed by atoms with Crippen LogP contribution in [0.3, 0.4) is 0 Å². The lowest BCUT2D eigenvalue weighted by molar-refractivity contribution is -0.148. The maximum Gasteiger partial charge on any atom is 0.264 e. The van der Waals surface area contributed by atoms with Gasteiger partial charge in [0.2, 0.25) is 11.6 Å². The van der Waals surface area contributed by atoms with E-state index in [2.05, 4.69) is 0 Å². The molecule has 0 bridgehead atoms. The predicted octanol–water partition coefficient (Wildman–Crippen LogP) is -0.943. The van der Waals surface area contributed by atoms with Gasteiger partial charge in [0.15, 0.2) is 0 Å². The smallest absolute Gasteiger partial charge is 0.264 e. The van der Waals surface area contributed by atoms with Crippen LogP contribution in [-0.2, 0) is 19.2 Å². The minimum atomic E-state index is -1.03. The maximum absolute atomic E-state index is 10.4. The second kappa shape index (κ2) is 2.13. The van der Waals surface area contributed by atoms with Gasteiger partial charge in [0.25, 0.3) is 5.78 Å². The Morgan fingerprint density at radius 2 is 1.20 bits per heavy atom. The van der Waals surface area contributed by atoms with Gasteiger partial charge < -0.3 is 0 Å². The van der Waals surface area contributed by atoms with Crippen LogP contribution in [-0.4, -0.2) is 23.1 Å². The zero-order valence-corrected chi connectivity index (χ0v) is 5.05. The number of ketones is 4. The van der Waals surface area contributed by atoms with Crippen molar-refractivity contribution in [3.63, 3.8) is 0 Å². The summed E-state index contributed by atoms with van der Waals surface area (Å²) in [6.07, 6.45) is -0.796. The normalized spacial score (nSPS) is 20.0. The molecular weight excluding hydrogens is 136 g/mol. The summed E-state index contributed by atoms with van der Waals surface area (Å²) in [6, 6.07) is 0. The first-order chi connectivity index (χ1) is 4.61. The molecule has 1 rings (SSSR count). The van der Waals surface area contributed by atoms with Gasteiger partial charge in [-0.05, 0) is 0 Å². The molecule has 0 aromatic heterocycles. The summed E-state index contributed by atoms with van der Waals surface area (Å²) in [7, 11) is 0. The average Bonchev–Trinajstić information content (AvgIpc) is 1.82. The van der Waals surface area contributed by atoms with Gasteiger partial charge in [0, 0.05) is 0 Å². The predicted molar refractivity (Wildman–Crippen MR) is 29.3 cm³/mol. The van der Waals surface area contributed by atoms with E-state index in [1.807, 2.05) is 0 Å². The van der Waals surface area contributed by atoms with Crippen molar-refractivity contribution in [3.8, 4) is 0 Å². The van der Waals surface area contributed by atoms with Gasteiger partial charge >= 0.3 is 0 Å². The molecule has 10 heavy (non-hydrogen) atoms. The minimum Gasteiger partial charge on any atom is -0.299 e. The van der Waals surface area contributed by atoms with Gasteiger partial charge in [-0.1, -0.05) is 0 Å². The molecule has 0 radical (unpaired) electrons. The first-order valence-electron chi connectivity index (χ1n) is 2.73. The topological polar surface area (TPSA) is 68.3 Å². The molecule has 0 atom stereocenters. The first-order valence-corrected chi connectivity index (χ1v) is 2.73. The van der Waals surface area contributed by atoms with E-state index in [-0.39, 0.29) is 0 Å². The van der Waals surface area contributed by atoms with Gasteiger partial charge in [-0.15, -0.1) is 0 Å². The molecule has 4 nitrogen and oxygen atoms in total. The van der Waals surface area contributed by atoms with Crippen molar-refractivity contribution in [2.45, 2.75) is 12.8 Å². The van der Waals surface area contributed by atoms with Crippen LogP contribution in [0.5, 0.6) is 0 Å². The quantitative estimate of drug-likeness (QED) is 0.321. The highest BCUT2D eigenvalue weighted by atomic mass is 16.2. The van der Waals surface area contributed by atoms with Crippen LogP contribution < -0.4 is 0 Å². The van der Waals surface area contributed by atoms with Crippen molar-refractivity contribution in [1.29, 1.82) is 0 Å². The maximum atomic E-state index is 10.4. The Hall–Kier alpha value is -1.32. The Morgan fingerprint density at radius 3 is 1.60 bits per heavy atom. The van der Waals surface area contributed by atoms with Crippen molar-refractivity contribution in [2.75, 3.05) is 0 Å². The van der Waals surface area contributed by atoms with Gasteiger partial charge in [-0.25, -0.2) is 0 Å². The molecular formula is C6H4O4. The average molecular weight is 140 g/mol. The van der Waals surface area contributed by atoms with Crippen LogP contribution in [0, 0.1) is 0 Å². The van der Waals surface area contributed by atoms with Crippen molar-refractivity contribution in [1.82, 2.24) is 0 Å². The van der Waals surface area contributed by atoms with Gasteiger partial charge in [-0.2, -0.15) is 0 Å². The highest BCUT2D eigenvalue weighted by molar-refractivity contribution is 6.68. The molecule has 1 aliphatic rings. The fourth-order valence-corrected chi connectivity index (χ4v) is 0.737. The third-order valence-electron chi connectivity index (χ3n) is 1.22. The summed E-state index contributed by atoms with van der Waals surface area (Å²) < 4.78 is 0. The fourth-order valence-electron chi connectivity index (χ4n) is 0.737. The number of hydrogen-bond donors (Lipinski definition) is 0. The molecule has 0 amide bonds. The van der Waals surface area contributed by atoms with Crippen LogP contribution in [0.25, 0.3) is 0 Å². The third-order valence-corrected chi connectivity index (χ3v) is 1.22. The summed E-state index contributed by atoms with van der Waals surface area (Å²) >= 11 is 0. The molecule has 0 aliphatic heterocycles. The minimum absolute atomic E-state index is 0.398. The Morgan fingerprint density at radius 1 is 0.800 bits per heavy atom. The monoisotopic (exact) mass is 140 g/mol. The molecule has 0 aromatic carbocycles. The lowest BCUT2D eigenvalue weighted by atomic mass is 9.96. The van der Waals surface area contributed by atoms with Crippen LogP contribution in [0.1, 0.15) is 12.8 Å². The van der Waals surface area contributed by atoms with Crippen LogP contribution in [0.4, 0.5) is 0 Å². The molecule has 0 saturated heterocycles. The molecule has 52 valence electrons. The second-order valence-corrected chi connectivity index (χ2v) is 2.07. The summed E-state index contributed by atoms with van der Waals surface area (Å²) in [5, 5.41) is 0. The number of carbonyl (C=O) groups is 4. The molecule has 1 saturated carbocycles. The van der Waals surface area contributed by atoms with E-state index in [9.17, 15) is 19.2 Å². The summed E-state index contributed by atoms with van der Waals surface area (Å²) in [6.45, 7) is 0. The number of hydrogen-bond acceptors (Lipinski definition) is 4. The van der Waals surface area contributed by atoms with Crippen LogP contribution >= 0.6 is 0 Å². The standard InChI is InChI=1S/C6H4O4/c7-3-1-4(8)6(10)5(9)2-3/h1-2H2. The van der Waals surface area contributed by atoms with E-state index >= 15 is 0 Å². The van der Waals surface area contributed by atoms with Gasteiger partial charge in [0.05, 0.1) is 12.8 Å². The van der Waals surface area contributed by atoms with Gasteiger partial charge in [-0.3, -0.25) is 19.2 Å². The summed E-state index contributed by atoms with van der Waals surface area (Å²) in [4.78, 5) is 41.7. The zero-order valence-electron chi connectivity index (χ0n) is 5.05. The molecule has 0 heterocycles. The molecule has 1 fully saturated rings. The lowest BCUT2D eigenvalue weighted by Gasteiger charge is -2.03. The van der Waals surface area contributed by atoms with Crippen molar-refractivity contribution in [3.05, 3.63) is 0 Å². The zero-order chi connectivity index (χ0) is 7.72. The van der Waals surface area contributed by atoms with E-state index in [1.54, 1.807) is 0 Å². The van der Waals surface area contributed by atoms with E-state index in [4.69, 9.17) is 0 Å². The molecule has 1 aliphatic carbocycles. The van der Waals surface area contributed by atoms with Gasteiger partial charge in [0.1, 0.15) is 5.78 Å². The molecule has 0 aromatic rings. The van der Waals surface area contributed by atoms with Crippen LogP contribution in [0.2, 0.25) is 0 Å². The van der Waals surface area contributed by atoms with Crippen molar-refractivity contribution in [2.24, 2.45) is 0 Å². The number of rotatable bonds is 0. The Kier molecular flexibility index (Phi) is 1.45. The lowest BCUT2D eigenvalue weighted by Crippen LogP contribution is -2.33. The highest BCUT2D eigenvalue weighted by Gasteiger charge is 2.31. The Balaban J connectivity index is 2.86. The Bertz CT molecular complexity index is 216. The highest BCUT2D eigenvalue weighted by Crippen LogP contribution is 2.02. The molecule has 0 spiro atoms. The van der Waals surface area contributed by atoms with E-state index in [0.717, 1.165) is 0 Å². The van der Waals surface area contributed by atoms with E-state index < -0.39 is 36.0 Å². The van der Waals surface area contributed by atoms with Crippen molar-refractivity contribution >= 4 is 23.1 Å². The Labute approximate surface area is 56.2 Å². The fraction of sp³-hybridized carbons (Fsp3) is 0.333. The van der Waals surface area contributed by atoms with E-state index in [0.29, 0.717) is 0 Å². The molecule has 0 N–H and O–H groups in total. The first kappa shape index (κ1) is 6.80. The largest absolute Gasteiger partial charge is 0.299 e. The summed E-state index contributed by atoms with van der Waals surface area (Å²) in [5.74, 6) is -3.24. The SMILES string of the molecule is O=C1CC(=O)C(=O)C(=O)C1. The molecule has 0 unspecified atom stereocenters. The second-order valence-electron chi connectivity index (χ2n) is 2.07. The number of carbonyl (C=O) groups excluding carboxylic acids is 4. The summed E-state index contributed by atoms with van der Waals surface area (Å²) in [5.41, 5.74) is 0. The van der Waals surface area contributed by atoms with Crippen LogP contribution in [0.15, 0.2) is 0 Å². The van der Waals surface area contributed by atoms with Crippen molar-refractivity contribution < 1.29 is 19.2 Å². The van der Waals surface area contributed by atoms with E-state index in [1.165, 1.54) is 0 Å². The molecule has 4 heteroatoms. The number of Topliss-reactive ketones (excluding diaryl/α,β-unsaturated/α-hetero) is 4.